The first-order valence-corrected chi connectivity index (χ1v) is 12.1. The minimum Gasteiger partial charge on any atom is -0.352 e. The Morgan fingerprint density at radius 3 is 2.21 bits per heavy atom. The molecule has 34 heavy (non-hydrogen) atoms. The number of amides is 2. The van der Waals surface area contributed by atoms with Crippen molar-refractivity contribution in [3.8, 4) is 0 Å². The summed E-state index contributed by atoms with van der Waals surface area (Å²) in [4.78, 5) is 28.8. The average molecular weight is 497 g/mol. The Balaban J connectivity index is 1.99. The summed E-state index contributed by atoms with van der Waals surface area (Å²) in [5.41, 5.74) is 3.80. The summed E-state index contributed by atoms with van der Waals surface area (Å²) in [7, 11) is 0. The van der Waals surface area contributed by atoms with Gasteiger partial charge in [-0.3, -0.25) is 9.59 Å². The zero-order chi connectivity index (χ0) is 24.7. The van der Waals surface area contributed by atoms with Crippen molar-refractivity contribution in [2.75, 3.05) is 0 Å². The van der Waals surface area contributed by atoms with Gasteiger partial charge in [0.1, 0.15) is 6.04 Å². The molecule has 3 aromatic carbocycles. The summed E-state index contributed by atoms with van der Waals surface area (Å²) in [6.07, 6.45) is 0.529. The van der Waals surface area contributed by atoms with Crippen LogP contribution in [0.25, 0.3) is 0 Å². The van der Waals surface area contributed by atoms with E-state index >= 15 is 0 Å². The lowest BCUT2D eigenvalue weighted by Gasteiger charge is -2.32. The summed E-state index contributed by atoms with van der Waals surface area (Å²) in [6, 6.07) is 22.2. The van der Waals surface area contributed by atoms with Gasteiger partial charge in [0.25, 0.3) is 0 Å². The van der Waals surface area contributed by atoms with Crippen molar-refractivity contribution < 1.29 is 9.59 Å². The van der Waals surface area contributed by atoms with Gasteiger partial charge in [-0.25, -0.2) is 0 Å². The number of benzene rings is 3. The molecule has 0 radical (unpaired) electrons. The van der Waals surface area contributed by atoms with Gasteiger partial charge in [-0.2, -0.15) is 0 Å². The van der Waals surface area contributed by atoms with Crippen LogP contribution in [0.3, 0.4) is 0 Å². The zero-order valence-electron chi connectivity index (χ0n) is 19.7. The highest BCUT2D eigenvalue weighted by Crippen LogP contribution is 2.24. The molecule has 0 fully saturated rings. The number of rotatable bonds is 9. The molecule has 0 aliphatic rings. The first kappa shape index (κ1) is 25.8. The molecule has 0 aliphatic carbocycles. The van der Waals surface area contributed by atoms with Crippen molar-refractivity contribution in [1.82, 2.24) is 10.2 Å². The van der Waals surface area contributed by atoms with Gasteiger partial charge in [0.05, 0.1) is 16.5 Å². The molecular formula is C28H30Cl2N2O2. The Kier molecular flexibility index (Phi) is 9.14. The van der Waals surface area contributed by atoms with E-state index in [4.69, 9.17) is 23.2 Å². The second kappa shape index (κ2) is 12.0. The van der Waals surface area contributed by atoms with Crippen LogP contribution >= 0.6 is 23.2 Å². The average Bonchev–Trinajstić information content (AvgIpc) is 2.80. The van der Waals surface area contributed by atoms with E-state index in [0.29, 0.717) is 23.0 Å². The number of carbonyl (C=O) groups is 2. The van der Waals surface area contributed by atoms with Crippen molar-refractivity contribution in [1.29, 1.82) is 0 Å². The molecule has 0 aliphatic heterocycles. The van der Waals surface area contributed by atoms with E-state index in [0.717, 1.165) is 22.3 Å². The molecule has 2 amide bonds. The predicted molar refractivity (Wildman–Crippen MR) is 139 cm³/mol. The molecule has 0 bridgehead atoms. The van der Waals surface area contributed by atoms with Crippen LogP contribution in [0.1, 0.15) is 36.1 Å². The van der Waals surface area contributed by atoms with Crippen molar-refractivity contribution in [2.24, 2.45) is 0 Å². The SMILES string of the molecule is Cc1ccccc1CN(C(=O)Cc1ccc(Cl)c(Cl)c1)[C@@H](Cc1ccccc1)C(=O)NC(C)C. The van der Waals surface area contributed by atoms with Crippen molar-refractivity contribution in [3.05, 3.63) is 105 Å². The molecule has 1 N–H and O–H groups in total. The maximum Gasteiger partial charge on any atom is 0.243 e. The Bertz CT molecular complexity index is 1130. The molecular weight excluding hydrogens is 467 g/mol. The van der Waals surface area contributed by atoms with Gasteiger partial charge in [0.15, 0.2) is 0 Å². The molecule has 3 aromatic rings. The van der Waals surface area contributed by atoms with Crippen LogP contribution in [0.5, 0.6) is 0 Å². The first-order valence-electron chi connectivity index (χ1n) is 11.4. The van der Waals surface area contributed by atoms with Crippen LogP contribution in [-0.4, -0.2) is 28.8 Å². The van der Waals surface area contributed by atoms with Crippen LogP contribution in [0.2, 0.25) is 10.0 Å². The second-order valence-corrected chi connectivity index (χ2v) is 9.56. The van der Waals surface area contributed by atoms with E-state index in [1.165, 1.54) is 0 Å². The Morgan fingerprint density at radius 2 is 1.56 bits per heavy atom. The number of nitrogens with zero attached hydrogens (tertiary/aromatic N) is 1. The van der Waals surface area contributed by atoms with Crippen LogP contribution in [0.4, 0.5) is 0 Å². The minimum absolute atomic E-state index is 0.0451. The molecule has 1 atom stereocenters. The summed E-state index contributed by atoms with van der Waals surface area (Å²) >= 11 is 12.2. The molecule has 3 rings (SSSR count). The van der Waals surface area contributed by atoms with Crippen LogP contribution < -0.4 is 5.32 Å². The zero-order valence-corrected chi connectivity index (χ0v) is 21.2. The number of halogens is 2. The number of hydrogen-bond acceptors (Lipinski definition) is 2. The van der Waals surface area contributed by atoms with Gasteiger partial charge in [0.2, 0.25) is 11.8 Å². The van der Waals surface area contributed by atoms with Crippen LogP contribution in [-0.2, 0) is 29.0 Å². The second-order valence-electron chi connectivity index (χ2n) is 8.74. The molecule has 178 valence electrons. The normalized spacial score (nSPS) is 11.8. The van der Waals surface area contributed by atoms with Gasteiger partial charge in [-0.05, 0) is 55.2 Å². The predicted octanol–water partition coefficient (Wildman–Crippen LogP) is 6.01. The van der Waals surface area contributed by atoms with E-state index in [2.05, 4.69) is 5.32 Å². The summed E-state index contributed by atoms with van der Waals surface area (Å²) < 4.78 is 0. The molecule has 0 aromatic heterocycles. The molecule has 0 saturated heterocycles. The van der Waals surface area contributed by atoms with Crippen molar-refractivity contribution in [2.45, 2.75) is 52.2 Å². The summed E-state index contributed by atoms with van der Waals surface area (Å²) in [5, 5.41) is 3.84. The van der Waals surface area contributed by atoms with E-state index in [-0.39, 0.29) is 24.3 Å². The van der Waals surface area contributed by atoms with Gasteiger partial charge >= 0.3 is 0 Å². The number of carbonyl (C=O) groups excluding carboxylic acids is 2. The van der Waals surface area contributed by atoms with Crippen LogP contribution in [0, 0.1) is 6.92 Å². The largest absolute Gasteiger partial charge is 0.352 e. The van der Waals surface area contributed by atoms with Crippen LogP contribution in [0.15, 0.2) is 72.8 Å². The summed E-state index contributed by atoms with van der Waals surface area (Å²) in [5.74, 6) is -0.323. The molecule has 4 nitrogen and oxygen atoms in total. The fraction of sp³-hybridized carbons (Fsp3) is 0.286. The maximum absolute atomic E-state index is 13.7. The van der Waals surface area contributed by atoms with E-state index in [1.807, 2.05) is 75.4 Å². The van der Waals surface area contributed by atoms with Crippen molar-refractivity contribution in [3.63, 3.8) is 0 Å². The Morgan fingerprint density at radius 1 is 0.882 bits per heavy atom. The monoisotopic (exact) mass is 496 g/mol. The smallest absolute Gasteiger partial charge is 0.243 e. The van der Waals surface area contributed by atoms with E-state index in [1.54, 1.807) is 23.1 Å². The molecule has 0 saturated carbocycles. The van der Waals surface area contributed by atoms with Gasteiger partial charge in [-0.15, -0.1) is 0 Å². The Labute approximate surface area is 211 Å². The highest BCUT2D eigenvalue weighted by atomic mass is 35.5. The van der Waals surface area contributed by atoms with Gasteiger partial charge in [0, 0.05) is 19.0 Å². The number of aryl methyl sites for hydroxylation is 1. The number of hydrogen-bond donors (Lipinski definition) is 1. The topological polar surface area (TPSA) is 49.4 Å². The van der Waals surface area contributed by atoms with E-state index < -0.39 is 6.04 Å². The summed E-state index contributed by atoms with van der Waals surface area (Å²) in [6.45, 7) is 6.18. The lowest BCUT2D eigenvalue weighted by atomic mass is 10.00. The first-order chi connectivity index (χ1) is 16.2. The van der Waals surface area contributed by atoms with E-state index in [9.17, 15) is 9.59 Å². The van der Waals surface area contributed by atoms with Crippen molar-refractivity contribution >= 4 is 35.0 Å². The molecule has 0 spiro atoms. The van der Waals surface area contributed by atoms with Gasteiger partial charge in [-0.1, -0.05) is 83.9 Å². The Hall–Kier alpha value is -2.82. The highest BCUT2D eigenvalue weighted by Gasteiger charge is 2.31. The standard InChI is InChI=1S/C28H30Cl2N2O2/c1-19(2)31-28(34)26(16-21-10-5-4-6-11-21)32(18-23-12-8-7-9-20(23)3)27(33)17-22-13-14-24(29)25(30)15-22/h4-15,19,26H,16-18H2,1-3H3,(H,31,34)/t26-/m0/s1. The number of nitrogens with one attached hydrogen (secondary N) is 1. The third kappa shape index (κ3) is 7.09. The molecule has 6 heteroatoms. The minimum atomic E-state index is -0.667. The fourth-order valence-electron chi connectivity index (χ4n) is 3.83. The lowest BCUT2D eigenvalue weighted by molar-refractivity contribution is -0.141. The van der Waals surface area contributed by atoms with Gasteiger partial charge < -0.3 is 10.2 Å². The third-order valence-corrected chi connectivity index (χ3v) is 6.38. The third-order valence-electron chi connectivity index (χ3n) is 5.64. The molecule has 0 unspecified atom stereocenters. The lowest BCUT2D eigenvalue weighted by Crippen LogP contribution is -2.52. The maximum atomic E-state index is 13.7. The quantitative estimate of drug-likeness (QED) is 0.394. The highest BCUT2D eigenvalue weighted by molar-refractivity contribution is 6.42. The molecule has 0 heterocycles. The fourth-order valence-corrected chi connectivity index (χ4v) is 4.15.